The van der Waals surface area contributed by atoms with Crippen LogP contribution in [0.25, 0.3) is 0 Å². The molecule has 20 heavy (non-hydrogen) atoms. The Kier molecular flexibility index (Phi) is 5.02. The summed E-state index contributed by atoms with van der Waals surface area (Å²) < 4.78 is 8.86. The fraction of sp³-hybridized carbons (Fsp3) is 0.667. The molecule has 110 valence electrons. The van der Waals surface area contributed by atoms with Crippen LogP contribution in [0.3, 0.4) is 0 Å². The van der Waals surface area contributed by atoms with E-state index in [0.29, 0.717) is 43.2 Å². The largest absolute Gasteiger partial charge is 0.464 e. The summed E-state index contributed by atoms with van der Waals surface area (Å²) in [5.41, 5.74) is 0.682. The molecule has 1 aromatic heterocycles. The molecule has 1 aliphatic rings. The lowest BCUT2D eigenvalue weighted by atomic mass is 10.1. The second-order valence-corrected chi connectivity index (χ2v) is 5.13. The van der Waals surface area contributed by atoms with E-state index in [2.05, 4.69) is 14.9 Å². The van der Waals surface area contributed by atoms with Crippen molar-refractivity contribution in [2.24, 2.45) is 0 Å². The minimum absolute atomic E-state index is 0.184. The number of carbonyl (C=O) groups is 2. The first-order valence-electron chi connectivity index (χ1n) is 6.68. The number of hydrogen-bond donors (Lipinski definition) is 1. The van der Waals surface area contributed by atoms with Gasteiger partial charge in [0.05, 0.1) is 12.3 Å². The van der Waals surface area contributed by atoms with Crippen molar-refractivity contribution in [3.8, 4) is 0 Å². The van der Waals surface area contributed by atoms with Gasteiger partial charge in [0.15, 0.2) is 0 Å². The predicted molar refractivity (Wildman–Crippen MR) is 73.6 cm³/mol. The van der Waals surface area contributed by atoms with E-state index < -0.39 is 6.04 Å². The van der Waals surface area contributed by atoms with E-state index in [1.165, 1.54) is 0 Å². The van der Waals surface area contributed by atoms with Crippen molar-refractivity contribution < 1.29 is 14.3 Å². The van der Waals surface area contributed by atoms with Gasteiger partial charge in [0.1, 0.15) is 10.9 Å². The highest BCUT2D eigenvalue weighted by Gasteiger charge is 2.35. The van der Waals surface area contributed by atoms with Gasteiger partial charge in [-0.05, 0) is 24.9 Å². The van der Waals surface area contributed by atoms with Crippen molar-refractivity contribution in [2.45, 2.75) is 26.3 Å². The van der Waals surface area contributed by atoms with Gasteiger partial charge in [-0.1, -0.05) is 11.4 Å². The van der Waals surface area contributed by atoms with Crippen molar-refractivity contribution in [3.63, 3.8) is 0 Å². The fourth-order valence-electron chi connectivity index (χ4n) is 2.13. The Hall–Kier alpha value is -1.54. The van der Waals surface area contributed by atoms with E-state index in [1.807, 2.05) is 6.92 Å². The molecule has 1 aromatic rings. The Morgan fingerprint density at radius 1 is 1.50 bits per heavy atom. The number of esters is 1. The average Bonchev–Trinajstić information content (AvgIpc) is 2.95. The first-order valence-corrected chi connectivity index (χ1v) is 7.45. The van der Waals surface area contributed by atoms with E-state index in [0.717, 1.165) is 11.5 Å². The normalized spacial score (nSPS) is 18.9. The molecule has 1 saturated heterocycles. The molecule has 1 aliphatic heterocycles. The second kappa shape index (κ2) is 6.76. The van der Waals surface area contributed by atoms with Gasteiger partial charge in [-0.3, -0.25) is 4.79 Å². The van der Waals surface area contributed by atoms with Crippen LogP contribution in [0.4, 0.5) is 0 Å². The molecule has 0 bridgehead atoms. The molecule has 0 aliphatic carbocycles. The number of amides is 1. The topological polar surface area (TPSA) is 84.4 Å². The maximum absolute atomic E-state index is 12.6. The highest BCUT2D eigenvalue weighted by atomic mass is 32.1. The monoisotopic (exact) mass is 298 g/mol. The van der Waals surface area contributed by atoms with E-state index in [9.17, 15) is 9.59 Å². The molecule has 0 spiro atoms. The van der Waals surface area contributed by atoms with Crippen molar-refractivity contribution in [1.82, 2.24) is 19.8 Å². The summed E-state index contributed by atoms with van der Waals surface area (Å²) in [5, 5.41) is 7.06. The molecule has 1 fully saturated rings. The van der Waals surface area contributed by atoms with Crippen LogP contribution in [-0.4, -0.2) is 58.6 Å². The van der Waals surface area contributed by atoms with Gasteiger partial charge in [-0.2, -0.15) is 0 Å². The zero-order valence-corrected chi connectivity index (χ0v) is 12.4. The second-order valence-electron chi connectivity index (χ2n) is 4.37. The van der Waals surface area contributed by atoms with Gasteiger partial charge < -0.3 is 15.0 Å². The first kappa shape index (κ1) is 14.9. The molecular weight excluding hydrogens is 280 g/mol. The van der Waals surface area contributed by atoms with Crippen molar-refractivity contribution in [1.29, 1.82) is 0 Å². The highest BCUT2D eigenvalue weighted by Crippen LogP contribution is 2.17. The summed E-state index contributed by atoms with van der Waals surface area (Å²) in [4.78, 5) is 26.6. The van der Waals surface area contributed by atoms with Gasteiger partial charge in [-0.15, -0.1) is 5.10 Å². The van der Waals surface area contributed by atoms with Gasteiger partial charge in [0.25, 0.3) is 5.91 Å². The quantitative estimate of drug-likeness (QED) is 0.792. The Balaban J connectivity index is 2.19. The zero-order chi connectivity index (χ0) is 14.5. The fourth-order valence-corrected chi connectivity index (χ4v) is 2.84. The van der Waals surface area contributed by atoms with E-state index in [4.69, 9.17) is 4.74 Å². The number of rotatable bonds is 4. The van der Waals surface area contributed by atoms with Gasteiger partial charge >= 0.3 is 5.97 Å². The predicted octanol–water partition coefficient (Wildman–Crippen LogP) is 0.0776. The molecule has 1 N–H and O–H groups in total. The molecule has 0 saturated carbocycles. The minimum atomic E-state index is -0.581. The Labute approximate surface area is 121 Å². The maximum atomic E-state index is 12.6. The van der Waals surface area contributed by atoms with E-state index in [-0.39, 0.29) is 11.9 Å². The molecule has 0 radical (unpaired) electrons. The number of piperazine rings is 1. The summed E-state index contributed by atoms with van der Waals surface area (Å²) in [6.45, 7) is 5.54. The zero-order valence-electron chi connectivity index (χ0n) is 11.6. The third-order valence-electron chi connectivity index (χ3n) is 3.15. The van der Waals surface area contributed by atoms with Gasteiger partial charge in [-0.25, -0.2) is 4.79 Å². The third kappa shape index (κ3) is 2.96. The van der Waals surface area contributed by atoms with Crippen LogP contribution in [0.2, 0.25) is 0 Å². The summed E-state index contributed by atoms with van der Waals surface area (Å²) in [5.74, 6) is -0.556. The number of aromatic nitrogens is 2. The molecule has 0 aromatic carbocycles. The number of nitrogens with one attached hydrogen (secondary N) is 1. The van der Waals surface area contributed by atoms with Gasteiger partial charge in [0, 0.05) is 19.6 Å². The molecular formula is C12H18N4O3S. The smallest absolute Gasteiger partial charge is 0.330 e. The molecule has 2 heterocycles. The van der Waals surface area contributed by atoms with Crippen molar-refractivity contribution in [3.05, 3.63) is 10.6 Å². The standard InChI is InChI=1S/C12H18N4O3S/c1-3-8-10(20-15-14-8)11(17)16-6-5-13-7-9(16)12(18)19-4-2/h9,13H,3-7H2,1-2H3. The van der Waals surface area contributed by atoms with Crippen LogP contribution in [0.15, 0.2) is 0 Å². The summed E-state index contributed by atoms with van der Waals surface area (Å²) >= 11 is 1.08. The molecule has 1 atom stereocenters. The number of nitrogens with zero attached hydrogens (tertiary/aromatic N) is 3. The number of aryl methyl sites for hydroxylation is 1. The number of ether oxygens (including phenoxy) is 1. The first-order chi connectivity index (χ1) is 9.69. The van der Waals surface area contributed by atoms with Crippen LogP contribution in [0, 0.1) is 0 Å². The van der Waals surface area contributed by atoms with Crippen LogP contribution in [0.5, 0.6) is 0 Å². The third-order valence-corrected chi connectivity index (χ3v) is 3.90. The van der Waals surface area contributed by atoms with Crippen LogP contribution in [0.1, 0.15) is 29.2 Å². The lowest BCUT2D eigenvalue weighted by Crippen LogP contribution is -2.57. The van der Waals surface area contributed by atoms with Crippen LogP contribution >= 0.6 is 11.5 Å². The molecule has 1 unspecified atom stereocenters. The summed E-state index contributed by atoms with van der Waals surface area (Å²) in [7, 11) is 0. The molecule has 2 rings (SSSR count). The van der Waals surface area contributed by atoms with Crippen LogP contribution < -0.4 is 5.32 Å². The molecule has 8 heteroatoms. The SMILES string of the molecule is CCOC(=O)C1CNCCN1C(=O)c1snnc1CC. The lowest BCUT2D eigenvalue weighted by molar-refractivity contribution is -0.149. The van der Waals surface area contributed by atoms with Crippen molar-refractivity contribution in [2.75, 3.05) is 26.2 Å². The number of carbonyl (C=O) groups excluding carboxylic acids is 2. The van der Waals surface area contributed by atoms with Gasteiger partial charge in [0.2, 0.25) is 0 Å². The van der Waals surface area contributed by atoms with E-state index in [1.54, 1.807) is 11.8 Å². The minimum Gasteiger partial charge on any atom is -0.464 e. The number of hydrogen-bond acceptors (Lipinski definition) is 7. The molecule has 7 nitrogen and oxygen atoms in total. The van der Waals surface area contributed by atoms with E-state index >= 15 is 0 Å². The Morgan fingerprint density at radius 3 is 3.00 bits per heavy atom. The average molecular weight is 298 g/mol. The Morgan fingerprint density at radius 2 is 2.30 bits per heavy atom. The maximum Gasteiger partial charge on any atom is 0.330 e. The highest BCUT2D eigenvalue weighted by molar-refractivity contribution is 7.08. The van der Waals surface area contributed by atoms with Crippen LogP contribution in [-0.2, 0) is 16.0 Å². The summed E-state index contributed by atoms with van der Waals surface area (Å²) in [6.07, 6.45) is 0.647. The summed E-state index contributed by atoms with van der Waals surface area (Å²) in [6, 6.07) is -0.581. The molecule has 1 amide bonds. The Bertz CT molecular complexity index is 491. The van der Waals surface area contributed by atoms with Crippen molar-refractivity contribution >= 4 is 23.4 Å². The lowest BCUT2D eigenvalue weighted by Gasteiger charge is -2.34.